The molecule has 1 aliphatic rings. The van der Waals surface area contributed by atoms with Crippen LogP contribution in [0.25, 0.3) is 0 Å². The van der Waals surface area contributed by atoms with Gasteiger partial charge in [-0.2, -0.15) is 0 Å². The number of aromatic nitrogens is 1. The number of hydrogen-bond donors (Lipinski definition) is 1. The first-order chi connectivity index (χ1) is 11.7. The fraction of sp³-hybridized carbons (Fsp3) is 0.474. The Morgan fingerprint density at radius 1 is 1.25 bits per heavy atom. The second-order valence-electron chi connectivity index (χ2n) is 6.30. The van der Waals surface area contributed by atoms with Gasteiger partial charge in [0.05, 0.1) is 6.04 Å². The van der Waals surface area contributed by atoms with Crippen molar-refractivity contribution in [2.45, 2.75) is 38.6 Å². The van der Waals surface area contributed by atoms with E-state index < -0.39 is 0 Å². The molecule has 2 aromatic heterocycles. The normalized spacial score (nSPS) is 16.7. The number of furan rings is 1. The van der Waals surface area contributed by atoms with E-state index in [9.17, 15) is 4.79 Å². The highest BCUT2D eigenvalue weighted by molar-refractivity contribution is 5.91. The minimum absolute atomic E-state index is 0.164. The molecule has 1 N–H and O–H groups in total. The van der Waals surface area contributed by atoms with Crippen LogP contribution in [-0.2, 0) is 6.42 Å². The number of nitrogens with zero attached hydrogens (tertiary/aromatic N) is 2. The lowest BCUT2D eigenvalue weighted by Gasteiger charge is -2.31. The van der Waals surface area contributed by atoms with E-state index in [1.807, 2.05) is 24.3 Å². The highest BCUT2D eigenvalue weighted by Crippen LogP contribution is 2.25. The van der Waals surface area contributed by atoms with Crippen LogP contribution in [0, 0.1) is 0 Å². The van der Waals surface area contributed by atoms with Crippen molar-refractivity contribution in [1.29, 1.82) is 0 Å². The summed E-state index contributed by atoms with van der Waals surface area (Å²) in [6.45, 7) is 4.90. The Morgan fingerprint density at radius 2 is 2.08 bits per heavy atom. The molecule has 0 unspecified atom stereocenters. The second kappa shape index (κ2) is 8.11. The Hall–Kier alpha value is -2.14. The standard InChI is InChI=1S/C19H25N3O2/c1-15(22-13-5-2-6-14-22)17-8-9-18(24-17)19(23)21-12-10-16-7-3-4-11-20-16/h3-4,7-9,11,15H,2,5-6,10,12-14H2,1H3,(H,21,23)/t15-/m0/s1. The molecule has 3 rings (SSSR count). The predicted molar refractivity (Wildman–Crippen MR) is 92.8 cm³/mol. The molecule has 0 radical (unpaired) electrons. The summed E-state index contributed by atoms with van der Waals surface area (Å²) < 4.78 is 5.79. The molecule has 1 fully saturated rings. The number of hydrogen-bond acceptors (Lipinski definition) is 4. The van der Waals surface area contributed by atoms with Gasteiger partial charge in [-0.25, -0.2) is 0 Å². The Kier molecular flexibility index (Phi) is 5.64. The van der Waals surface area contributed by atoms with Crippen molar-refractivity contribution in [1.82, 2.24) is 15.2 Å². The fourth-order valence-corrected chi connectivity index (χ4v) is 3.12. The van der Waals surface area contributed by atoms with E-state index >= 15 is 0 Å². The van der Waals surface area contributed by atoms with Crippen LogP contribution in [0.5, 0.6) is 0 Å². The third-order valence-electron chi connectivity index (χ3n) is 4.59. The van der Waals surface area contributed by atoms with Gasteiger partial charge in [-0.05, 0) is 57.1 Å². The lowest BCUT2D eigenvalue weighted by atomic mass is 10.1. The van der Waals surface area contributed by atoms with E-state index in [4.69, 9.17) is 4.42 Å². The average Bonchev–Trinajstić information content (AvgIpc) is 3.13. The highest BCUT2D eigenvalue weighted by atomic mass is 16.4. The molecule has 2 aromatic rings. The lowest BCUT2D eigenvalue weighted by molar-refractivity contribution is 0.0917. The van der Waals surface area contributed by atoms with Crippen LogP contribution in [0.3, 0.4) is 0 Å². The predicted octanol–water partition coefficient (Wildman–Crippen LogP) is 3.19. The molecule has 0 spiro atoms. The third-order valence-corrected chi connectivity index (χ3v) is 4.59. The molecule has 128 valence electrons. The van der Waals surface area contributed by atoms with Crippen molar-refractivity contribution >= 4 is 5.91 Å². The number of nitrogens with one attached hydrogen (secondary N) is 1. The van der Waals surface area contributed by atoms with Gasteiger partial charge in [0.1, 0.15) is 5.76 Å². The van der Waals surface area contributed by atoms with Crippen molar-refractivity contribution in [3.8, 4) is 0 Å². The van der Waals surface area contributed by atoms with Gasteiger partial charge in [-0.15, -0.1) is 0 Å². The van der Waals surface area contributed by atoms with Crippen molar-refractivity contribution in [2.24, 2.45) is 0 Å². The van der Waals surface area contributed by atoms with Crippen LogP contribution < -0.4 is 5.32 Å². The largest absolute Gasteiger partial charge is 0.454 e. The molecule has 1 saturated heterocycles. The molecule has 1 amide bonds. The molecule has 24 heavy (non-hydrogen) atoms. The molecular weight excluding hydrogens is 302 g/mol. The Morgan fingerprint density at radius 3 is 2.83 bits per heavy atom. The molecule has 1 atom stereocenters. The van der Waals surface area contributed by atoms with Gasteiger partial charge in [0.15, 0.2) is 5.76 Å². The van der Waals surface area contributed by atoms with E-state index in [1.54, 1.807) is 12.3 Å². The first-order valence-corrected chi connectivity index (χ1v) is 8.76. The Bertz CT molecular complexity index is 648. The monoisotopic (exact) mass is 327 g/mol. The van der Waals surface area contributed by atoms with Crippen molar-refractivity contribution in [3.05, 3.63) is 53.7 Å². The zero-order valence-corrected chi connectivity index (χ0v) is 14.2. The molecule has 0 bridgehead atoms. The molecule has 0 aliphatic carbocycles. The highest BCUT2D eigenvalue weighted by Gasteiger charge is 2.22. The average molecular weight is 327 g/mol. The fourth-order valence-electron chi connectivity index (χ4n) is 3.12. The zero-order valence-electron chi connectivity index (χ0n) is 14.2. The minimum Gasteiger partial charge on any atom is -0.454 e. The quantitative estimate of drug-likeness (QED) is 0.885. The van der Waals surface area contributed by atoms with E-state index in [-0.39, 0.29) is 11.9 Å². The number of carbonyl (C=O) groups excluding carboxylic acids is 1. The molecule has 3 heterocycles. The van der Waals surface area contributed by atoms with Crippen LogP contribution in [0.2, 0.25) is 0 Å². The summed E-state index contributed by atoms with van der Waals surface area (Å²) in [5.41, 5.74) is 0.969. The smallest absolute Gasteiger partial charge is 0.287 e. The number of piperidine rings is 1. The molecule has 0 aromatic carbocycles. The van der Waals surface area contributed by atoms with Crippen molar-refractivity contribution in [2.75, 3.05) is 19.6 Å². The summed E-state index contributed by atoms with van der Waals surface area (Å²) in [6, 6.07) is 9.71. The van der Waals surface area contributed by atoms with Gasteiger partial charge < -0.3 is 9.73 Å². The number of amides is 1. The Labute approximate surface area is 143 Å². The van der Waals surface area contributed by atoms with Crippen LogP contribution >= 0.6 is 0 Å². The molecule has 5 heteroatoms. The topological polar surface area (TPSA) is 58.4 Å². The van der Waals surface area contributed by atoms with Crippen molar-refractivity contribution in [3.63, 3.8) is 0 Å². The molecule has 5 nitrogen and oxygen atoms in total. The van der Waals surface area contributed by atoms with E-state index in [0.29, 0.717) is 18.7 Å². The van der Waals surface area contributed by atoms with E-state index in [0.717, 1.165) is 24.5 Å². The van der Waals surface area contributed by atoms with Crippen LogP contribution in [0.15, 0.2) is 40.9 Å². The summed E-state index contributed by atoms with van der Waals surface area (Å²) in [5.74, 6) is 1.09. The van der Waals surface area contributed by atoms with Gasteiger partial charge in [0.25, 0.3) is 5.91 Å². The van der Waals surface area contributed by atoms with Crippen LogP contribution in [0.1, 0.15) is 54.2 Å². The second-order valence-corrected chi connectivity index (χ2v) is 6.30. The number of carbonyl (C=O) groups is 1. The van der Waals surface area contributed by atoms with Gasteiger partial charge in [0.2, 0.25) is 0 Å². The number of likely N-dealkylation sites (tertiary alicyclic amines) is 1. The van der Waals surface area contributed by atoms with Gasteiger partial charge in [0, 0.05) is 24.9 Å². The Balaban J connectivity index is 1.51. The first kappa shape index (κ1) is 16.7. The maximum atomic E-state index is 12.2. The first-order valence-electron chi connectivity index (χ1n) is 8.76. The third kappa shape index (κ3) is 4.23. The SMILES string of the molecule is C[C@@H](c1ccc(C(=O)NCCc2ccccn2)o1)N1CCCCC1. The maximum absolute atomic E-state index is 12.2. The molecule has 1 aliphatic heterocycles. The zero-order chi connectivity index (χ0) is 16.8. The molecule has 0 saturated carbocycles. The van der Waals surface area contributed by atoms with Crippen molar-refractivity contribution < 1.29 is 9.21 Å². The minimum atomic E-state index is -0.164. The van der Waals surface area contributed by atoms with Crippen LogP contribution in [0.4, 0.5) is 0 Å². The van der Waals surface area contributed by atoms with Crippen LogP contribution in [-0.4, -0.2) is 35.4 Å². The molecular formula is C19H25N3O2. The summed E-state index contributed by atoms with van der Waals surface area (Å²) in [4.78, 5) is 18.9. The van der Waals surface area contributed by atoms with E-state index in [2.05, 4.69) is 22.1 Å². The number of rotatable bonds is 6. The summed E-state index contributed by atoms with van der Waals surface area (Å²) in [5, 5.41) is 2.89. The maximum Gasteiger partial charge on any atom is 0.287 e. The number of pyridine rings is 1. The summed E-state index contributed by atoms with van der Waals surface area (Å²) >= 11 is 0. The lowest BCUT2D eigenvalue weighted by Crippen LogP contribution is -2.32. The summed E-state index contributed by atoms with van der Waals surface area (Å²) in [6.07, 6.45) is 6.27. The van der Waals surface area contributed by atoms with Gasteiger partial charge in [-0.3, -0.25) is 14.7 Å². The van der Waals surface area contributed by atoms with Gasteiger partial charge >= 0.3 is 0 Å². The van der Waals surface area contributed by atoms with E-state index in [1.165, 1.54) is 19.3 Å². The summed E-state index contributed by atoms with van der Waals surface area (Å²) in [7, 11) is 0. The van der Waals surface area contributed by atoms with Gasteiger partial charge in [-0.1, -0.05) is 12.5 Å².